The van der Waals surface area contributed by atoms with Gasteiger partial charge in [-0.2, -0.15) is 0 Å². The second-order valence-electron chi connectivity index (χ2n) is 13.6. The van der Waals surface area contributed by atoms with Crippen molar-refractivity contribution in [3.8, 4) is 17.2 Å². The Morgan fingerprint density at radius 1 is 0.591 bits per heavy atom. The third kappa shape index (κ3) is 7.62. The molecule has 234 valence electrons. The second-order valence-corrected chi connectivity index (χ2v) is 16.1. The fraction of sp³-hybridized carbons (Fsp3) is 0.351. The Kier molecular flexibility index (Phi) is 9.85. The molecule has 0 spiro atoms. The van der Waals surface area contributed by atoms with Crippen LogP contribution in [-0.2, 0) is 32.4 Å². The molecule has 0 aromatic heterocycles. The van der Waals surface area contributed by atoms with E-state index < -0.39 is 9.84 Å². The lowest BCUT2D eigenvalue weighted by Gasteiger charge is -2.29. The predicted octanol–water partition coefficient (Wildman–Crippen LogP) is 10.6. The molecule has 0 fully saturated rings. The summed E-state index contributed by atoms with van der Waals surface area (Å²) in [4.78, 5) is 0.467. The molecule has 0 aliphatic rings. The third-order valence-electron chi connectivity index (χ3n) is 7.66. The maximum absolute atomic E-state index is 13.3. The van der Waals surface area contributed by atoms with Crippen LogP contribution in [0.4, 0.5) is 0 Å². The van der Waals surface area contributed by atoms with Gasteiger partial charge in [0, 0.05) is 16.5 Å². The molecular weight excluding hydrogens is 611 g/mol. The molecule has 0 radical (unpaired) electrons. The Morgan fingerprint density at radius 2 is 1.02 bits per heavy atom. The molecule has 0 saturated carbocycles. The van der Waals surface area contributed by atoms with Crippen LogP contribution in [0.25, 0.3) is 0 Å². The van der Waals surface area contributed by atoms with Crippen LogP contribution in [0.3, 0.4) is 0 Å². The molecule has 4 nitrogen and oxygen atoms in total. The van der Waals surface area contributed by atoms with Crippen molar-refractivity contribution in [3.05, 3.63) is 113 Å². The molecule has 0 bridgehead atoms. The molecule has 0 saturated heterocycles. The van der Waals surface area contributed by atoms with Crippen LogP contribution in [0.1, 0.15) is 83.2 Å². The summed E-state index contributed by atoms with van der Waals surface area (Å²) < 4.78 is 38.8. The van der Waals surface area contributed by atoms with Crippen LogP contribution in [0, 0.1) is 0 Å². The smallest absolute Gasteiger partial charge is 0.206 e. The maximum atomic E-state index is 13.3. The second kappa shape index (κ2) is 12.8. The average molecular weight is 654 g/mol. The maximum Gasteiger partial charge on any atom is 0.206 e. The van der Waals surface area contributed by atoms with Crippen LogP contribution in [0.15, 0.2) is 94.7 Å². The van der Waals surface area contributed by atoms with Gasteiger partial charge in [-0.1, -0.05) is 65.0 Å². The zero-order valence-corrected chi connectivity index (χ0v) is 29.1. The van der Waals surface area contributed by atoms with Gasteiger partial charge in [-0.05, 0) is 97.5 Å². The van der Waals surface area contributed by atoms with Crippen LogP contribution in [-0.4, -0.2) is 14.0 Å². The summed E-state index contributed by atoms with van der Waals surface area (Å²) in [6, 6.07) is 25.7. The summed E-state index contributed by atoms with van der Waals surface area (Å²) >= 11 is 12.7. The van der Waals surface area contributed by atoms with Crippen LogP contribution in [0.2, 0.25) is 0 Å². The summed E-state index contributed by atoms with van der Waals surface area (Å²) in [5.41, 5.74) is 4.30. The van der Waals surface area contributed by atoms with Crippen LogP contribution < -0.4 is 9.47 Å². The van der Waals surface area contributed by atoms with E-state index in [-0.39, 0.29) is 32.1 Å². The van der Waals surface area contributed by atoms with Gasteiger partial charge in [0.05, 0.1) is 21.6 Å². The molecule has 4 rings (SSSR count). The Hall–Kier alpha value is -2.99. The van der Waals surface area contributed by atoms with E-state index in [2.05, 4.69) is 52.8 Å². The largest absolute Gasteiger partial charge is 0.488 e. The highest BCUT2D eigenvalue weighted by atomic mass is 35.5. The van der Waals surface area contributed by atoms with Crippen molar-refractivity contribution in [2.75, 3.05) is 0 Å². The zero-order valence-electron chi connectivity index (χ0n) is 26.8. The van der Waals surface area contributed by atoms with Crippen molar-refractivity contribution >= 4 is 33.0 Å². The van der Waals surface area contributed by atoms with E-state index in [0.29, 0.717) is 17.4 Å². The number of ether oxygens (including phenoxy) is 2. The molecule has 7 heteroatoms. The van der Waals surface area contributed by atoms with E-state index in [1.54, 1.807) is 36.4 Å². The van der Waals surface area contributed by atoms with Gasteiger partial charge in [-0.25, -0.2) is 8.42 Å². The van der Waals surface area contributed by atoms with Gasteiger partial charge in [-0.3, -0.25) is 0 Å². The first-order valence-corrected chi connectivity index (χ1v) is 17.2. The lowest BCUT2D eigenvalue weighted by molar-refractivity contribution is 0.129. The lowest BCUT2D eigenvalue weighted by atomic mass is 9.77. The van der Waals surface area contributed by atoms with Crippen molar-refractivity contribution in [1.82, 2.24) is 0 Å². The van der Waals surface area contributed by atoms with Crippen molar-refractivity contribution < 1.29 is 17.9 Å². The number of rotatable bonds is 9. The van der Waals surface area contributed by atoms with Crippen LogP contribution in [0.5, 0.6) is 17.2 Å². The van der Waals surface area contributed by atoms with E-state index in [1.165, 1.54) is 0 Å². The molecular formula is C37H42Cl2O4S. The number of benzene rings is 4. The molecule has 0 N–H and O–H groups in total. The molecule has 4 aromatic carbocycles. The van der Waals surface area contributed by atoms with Gasteiger partial charge in [0.25, 0.3) is 0 Å². The Morgan fingerprint density at radius 3 is 1.48 bits per heavy atom. The SMILES string of the molecule is CC(C)(C)Oc1ccc(C(C)(C)c2ccc(Oc3ccc(S(=O)(=O)c4ccc(C(C)(C)C)cc4)cc3)c(CCl)c2)cc1CCl. The van der Waals surface area contributed by atoms with Crippen LogP contribution >= 0.6 is 23.2 Å². The number of hydrogen-bond acceptors (Lipinski definition) is 4. The molecule has 4 aromatic rings. The molecule has 0 amide bonds. The van der Waals surface area contributed by atoms with Gasteiger partial charge in [0.1, 0.15) is 22.8 Å². The van der Waals surface area contributed by atoms with E-state index in [0.717, 1.165) is 33.6 Å². The number of sulfone groups is 1. The lowest BCUT2D eigenvalue weighted by Crippen LogP contribution is -2.24. The first kappa shape index (κ1) is 33.9. The zero-order chi connectivity index (χ0) is 32.5. The summed E-state index contributed by atoms with van der Waals surface area (Å²) in [6.07, 6.45) is 0. The minimum Gasteiger partial charge on any atom is -0.488 e. The van der Waals surface area contributed by atoms with Gasteiger partial charge < -0.3 is 9.47 Å². The number of halogens is 2. The highest BCUT2D eigenvalue weighted by molar-refractivity contribution is 7.91. The molecule has 0 aliphatic heterocycles. The Balaban J connectivity index is 1.56. The first-order chi connectivity index (χ1) is 20.5. The monoisotopic (exact) mass is 652 g/mol. The van der Waals surface area contributed by atoms with Gasteiger partial charge in [0.15, 0.2) is 0 Å². The summed E-state index contributed by atoms with van der Waals surface area (Å²) in [5, 5.41) is 0. The van der Waals surface area contributed by atoms with E-state index >= 15 is 0 Å². The number of hydrogen-bond donors (Lipinski definition) is 0. The third-order valence-corrected chi connectivity index (χ3v) is 10.0. The van der Waals surface area contributed by atoms with Gasteiger partial charge in [-0.15, -0.1) is 23.2 Å². The molecule has 0 atom stereocenters. The summed E-state index contributed by atoms with van der Waals surface area (Å²) in [6.45, 7) is 16.7. The van der Waals surface area contributed by atoms with Crippen molar-refractivity contribution in [2.24, 2.45) is 0 Å². The van der Waals surface area contributed by atoms with Crippen molar-refractivity contribution in [3.63, 3.8) is 0 Å². The van der Waals surface area contributed by atoms with E-state index in [1.807, 2.05) is 51.1 Å². The molecule has 0 unspecified atom stereocenters. The highest BCUT2D eigenvalue weighted by Crippen LogP contribution is 2.38. The van der Waals surface area contributed by atoms with Gasteiger partial charge in [0.2, 0.25) is 9.84 Å². The van der Waals surface area contributed by atoms with Gasteiger partial charge >= 0.3 is 0 Å². The quantitative estimate of drug-likeness (QED) is 0.169. The Bertz CT molecular complexity index is 1710. The fourth-order valence-corrected chi connectivity index (χ4v) is 6.60. The molecule has 0 heterocycles. The van der Waals surface area contributed by atoms with Crippen molar-refractivity contribution in [2.45, 2.75) is 93.4 Å². The van der Waals surface area contributed by atoms with Crippen molar-refractivity contribution in [1.29, 1.82) is 0 Å². The minimum atomic E-state index is -3.66. The normalized spacial score (nSPS) is 12.7. The topological polar surface area (TPSA) is 52.6 Å². The fourth-order valence-electron chi connectivity index (χ4n) is 4.92. The predicted molar refractivity (Wildman–Crippen MR) is 182 cm³/mol. The summed E-state index contributed by atoms with van der Waals surface area (Å²) in [7, 11) is -3.66. The molecule has 0 aliphatic carbocycles. The van der Waals surface area contributed by atoms with E-state index in [4.69, 9.17) is 32.7 Å². The standard InChI is InChI=1S/C37H42Cl2O4S/c1-35(2,3)27-9-15-31(16-10-27)44(40,41)32-17-13-30(14-18-32)42-33-19-11-28(21-25(33)23-38)37(7,8)29-12-20-34(26(22-29)24-39)43-36(4,5)6/h9-22H,23-24H2,1-8H3. The minimum absolute atomic E-state index is 0.0577. The molecule has 44 heavy (non-hydrogen) atoms. The first-order valence-electron chi connectivity index (χ1n) is 14.7. The van der Waals surface area contributed by atoms with E-state index in [9.17, 15) is 8.42 Å². The number of alkyl halides is 2. The average Bonchev–Trinajstić information content (AvgIpc) is 2.96. The Labute approximate surface area is 273 Å². The summed E-state index contributed by atoms with van der Waals surface area (Å²) in [5.74, 6) is 2.52. The highest BCUT2D eigenvalue weighted by Gasteiger charge is 2.26.